The smallest absolute Gasteiger partial charge is 0.0398 e. The molecule has 0 fully saturated rings. The maximum Gasteiger partial charge on any atom is 0.0398 e. The summed E-state index contributed by atoms with van der Waals surface area (Å²) in [5.41, 5.74) is 2.78. The molecule has 0 atom stereocenters. The van der Waals surface area contributed by atoms with Crippen molar-refractivity contribution in [3.05, 3.63) is 23.4 Å². The molecule has 0 aromatic carbocycles. The molecular weight excluding hydrogens is 136 g/mol. The highest BCUT2D eigenvalue weighted by Crippen LogP contribution is 2.10. The van der Waals surface area contributed by atoms with Crippen molar-refractivity contribution in [1.82, 2.24) is 10.2 Å². The molecule has 2 heteroatoms. The minimum absolute atomic E-state index is 0.994. The van der Waals surface area contributed by atoms with Gasteiger partial charge in [-0.25, -0.2) is 0 Å². The van der Waals surface area contributed by atoms with Crippen molar-refractivity contribution in [2.75, 3.05) is 27.2 Å². The third kappa shape index (κ3) is 2.09. The summed E-state index contributed by atoms with van der Waals surface area (Å²) in [5.74, 6) is 0. The van der Waals surface area contributed by atoms with Gasteiger partial charge in [0.05, 0.1) is 0 Å². The summed E-state index contributed by atoms with van der Waals surface area (Å²) in [6.45, 7) is 4.18. The highest BCUT2D eigenvalue weighted by atomic mass is 15.1. The van der Waals surface area contributed by atoms with Crippen LogP contribution in [-0.4, -0.2) is 32.1 Å². The zero-order valence-electron chi connectivity index (χ0n) is 7.52. The van der Waals surface area contributed by atoms with Crippen molar-refractivity contribution >= 4 is 0 Å². The standard InChI is InChI=1S/C9H16N2/c1-8-4-5-9(6-10-2)7-11(8)3/h4-5,10H,6-7H2,1-3H3. The minimum Gasteiger partial charge on any atom is -0.374 e. The summed E-state index contributed by atoms with van der Waals surface area (Å²) in [6.07, 6.45) is 4.36. The summed E-state index contributed by atoms with van der Waals surface area (Å²) in [6, 6.07) is 0. The lowest BCUT2D eigenvalue weighted by Gasteiger charge is -2.24. The van der Waals surface area contributed by atoms with Crippen LogP contribution in [0.15, 0.2) is 23.4 Å². The second kappa shape index (κ2) is 3.58. The monoisotopic (exact) mass is 152 g/mol. The number of likely N-dealkylation sites (N-methyl/N-ethyl adjacent to an activating group) is 2. The molecule has 0 unspecified atom stereocenters. The van der Waals surface area contributed by atoms with Crippen LogP contribution in [0, 0.1) is 0 Å². The Bertz CT molecular complexity index is 192. The topological polar surface area (TPSA) is 15.3 Å². The Balaban J connectivity index is 2.58. The lowest BCUT2D eigenvalue weighted by molar-refractivity contribution is 0.443. The van der Waals surface area contributed by atoms with E-state index in [1.165, 1.54) is 11.3 Å². The van der Waals surface area contributed by atoms with Gasteiger partial charge < -0.3 is 10.2 Å². The van der Waals surface area contributed by atoms with Gasteiger partial charge in [-0.15, -0.1) is 0 Å². The van der Waals surface area contributed by atoms with Gasteiger partial charge in [-0.1, -0.05) is 6.08 Å². The lowest BCUT2D eigenvalue weighted by atomic mass is 10.1. The Kier molecular flexibility index (Phi) is 2.71. The van der Waals surface area contributed by atoms with Gasteiger partial charge in [0.15, 0.2) is 0 Å². The highest BCUT2D eigenvalue weighted by molar-refractivity contribution is 5.23. The van der Waals surface area contributed by atoms with E-state index in [1.54, 1.807) is 0 Å². The number of allylic oxidation sites excluding steroid dienone is 3. The van der Waals surface area contributed by atoms with Gasteiger partial charge in [0, 0.05) is 25.8 Å². The zero-order chi connectivity index (χ0) is 8.27. The van der Waals surface area contributed by atoms with Crippen molar-refractivity contribution in [2.24, 2.45) is 0 Å². The number of rotatable bonds is 2. The highest BCUT2D eigenvalue weighted by Gasteiger charge is 2.06. The van der Waals surface area contributed by atoms with Crippen LogP contribution in [0.3, 0.4) is 0 Å². The van der Waals surface area contributed by atoms with Crippen molar-refractivity contribution in [3.63, 3.8) is 0 Å². The van der Waals surface area contributed by atoms with Gasteiger partial charge in [0.2, 0.25) is 0 Å². The number of hydrogen-bond acceptors (Lipinski definition) is 2. The average molecular weight is 152 g/mol. The van der Waals surface area contributed by atoms with E-state index in [2.05, 4.69) is 36.3 Å². The van der Waals surface area contributed by atoms with E-state index in [0.717, 1.165) is 13.1 Å². The largest absolute Gasteiger partial charge is 0.374 e. The predicted molar refractivity (Wildman–Crippen MR) is 48.4 cm³/mol. The Morgan fingerprint density at radius 2 is 2.27 bits per heavy atom. The number of nitrogens with zero attached hydrogens (tertiary/aromatic N) is 1. The Morgan fingerprint density at radius 1 is 1.55 bits per heavy atom. The van der Waals surface area contributed by atoms with Crippen LogP contribution in [0.5, 0.6) is 0 Å². The van der Waals surface area contributed by atoms with Crippen molar-refractivity contribution in [3.8, 4) is 0 Å². The second-order valence-corrected chi connectivity index (χ2v) is 3.02. The van der Waals surface area contributed by atoms with Crippen LogP contribution in [0.25, 0.3) is 0 Å². The average Bonchev–Trinajstić information content (AvgIpc) is 1.98. The minimum atomic E-state index is 0.994. The SMILES string of the molecule is CNCC1=CC=C(C)N(C)C1. The molecule has 1 heterocycles. The molecule has 1 aliphatic heterocycles. The third-order valence-electron chi connectivity index (χ3n) is 2.01. The first kappa shape index (κ1) is 8.34. The first-order chi connectivity index (χ1) is 5.24. The summed E-state index contributed by atoms with van der Waals surface area (Å²) >= 11 is 0. The molecule has 0 spiro atoms. The second-order valence-electron chi connectivity index (χ2n) is 3.02. The zero-order valence-corrected chi connectivity index (χ0v) is 7.52. The molecule has 62 valence electrons. The maximum atomic E-state index is 3.15. The Morgan fingerprint density at radius 3 is 2.82 bits per heavy atom. The van der Waals surface area contributed by atoms with Crippen LogP contribution >= 0.6 is 0 Å². The molecule has 0 aromatic rings. The van der Waals surface area contributed by atoms with Gasteiger partial charge in [-0.3, -0.25) is 0 Å². The fourth-order valence-electron chi connectivity index (χ4n) is 1.19. The molecule has 0 bridgehead atoms. The fraction of sp³-hybridized carbons (Fsp3) is 0.556. The molecular formula is C9H16N2. The first-order valence-corrected chi connectivity index (χ1v) is 3.96. The molecule has 1 N–H and O–H groups in total. The van der Waals surface area contributed by atoms with Crippen molar-refractivity contribution < 1.29 is 0 Å². The van der Waals surface area contributed by atoms with E-state index in [9.17, 15) is 0 Å². The van der Waals surface area contributed by atoms with Crippen LogP contribution in [-0.2, 0) is 0 Å². The normalized spacial score (nSPS) is 17.9. The molecule has 0 aromatic heterocycles. The van der Waals surface area contributed by atoms with Gasteiger partial charge >= 0.3 is 0 Å². The van der Waals surface area contributed by atoms with Crippen LogP contribution in [0.4, 0.5) is 0 Å². The van der Waals surface area contributed by atoms with Crippen LogP contribution in [0.2, 0.25) is 0 Å². The molecule has 0 saturated carbocycles. The lowest BCUT2D eigenvalue weighted by Crippen LogP contribution is -2.26. The fourth-order valence-corrected chi connectivity index (χ4v) is 1.19. The molecule has 11 heavy (non-hydrogen) atoms. The number of hydrogen-bond donors (Lipinski definition) is 1. The predicted octanol–water partition coefficient (Wildman–Crippen LogP) is 0.981. The molecule has 1 rings (SSSR count). The molecule has 1 aliphatic rings. The Labute approximate surface area is 68.6 Å². The van der Waals surface area contributed by atoms with E-state index in [-0.39, 0.29) is 0 Å². The van der Waals surface area contributed by atoms with Crippen molar-refractivity contribution in [2.45, 2.75) is 6.92 Å². The van der Waals surface area contributed by atoms with Gasteiger partial charge in [-0.2, -0.15) is 0 Å². The molecule has 2 nitrogen and oxygen atoms in total. The van der Waals surface area contributed by atoms with E-state index in [4.69, 9.17) is 0 Å². The molecule has 0 amide bonds. The van der Waals surface area contributed by atoms with Gasteiger partial charge in [0.1, 0.15) is 0 Å². The van der Waals surface area contributed by atoms with E-state index in [0.29, 0.717) is 0 Å². The maximum absolute atomic E-state index is 3.15. The van der Waals surface area contributed by atoms with Gasteiger partial charge in [-0.05, 0) is 25.6 Å². The first-order valence-electron chi connectivity index (χ1n) is 3.96. The van der Waals surface area contributed by atoms with E-state index >= 15 is 0 Å². The van der Waals surface area contributed by atoms with Gasteiger partial charge in [0.25, 0.3) is 0 Å². The molecule has 0 radical (unpaired) electrons. The van der Waals surface area contributed by atoms with E-state index in [1.807, 2.05) is 7.05 Å². The summed E-state index contributed by atoms with van der Waals surface area (Å²) < 4.78 is 0. The quantitative estimate of drug-likeness (QED) is 0.634. The molecule has 0 saturated heterocycles. The summed E-state index contributed by atoms with van der Waals surface area (Å²) in [4.78, 5) is 2.26. The van der Waals surface area contributed by atoms with Crippen molar-refractivity contribution in [1.29, 1.82) is 0 Å². The third-order valence-corrected chi connectivity index (χ3v) is 2.01. The molecule has 0 aliphatic carbocycles. The Hall–Kier alpha value is -0.760. The summed E-state index contributed by atoms with van der Waals surface area (Å²) in [5, 5.41) is 3.15. The van der Waals surface area contributed by atoms with Crippen LogP contribution in [0.1, 0.15) is 6.92 Å². The van der Waals surface area contributed by atoms with Crippen LogP contribution < -0.4 is 5.32 Å². The summed E-state index contributed by atoms with van der Waals surface area (Å²) in [7, 11) is 4.10. The van der Waals surface area contributed by atoms with E-state index < -0.39 is 0 Å². The number of nitrogens with one attached hydrogen (secondary N) is 1.